The maximum Gasteiger partial charge on any atom is 0.272 e. The van der Waals surface area contributed by atoms with E-state index in [0.717, 1.165) is 5.69 Å². The van der Waals surface area contributed by atoms with Gasteiger partial charge < -0.3 is 20.4 Å². The summed E-state index contributed by atoms with van der Waals surface area (Å²) in [6.45, 7) is 0.289. The molecule has 0 spiro atoms. The van der Waals surface area contributed by atoms with E-state index in [1.807, 2.05) is 0 Å². The van der Waals surface area contributed by atoms with Crippen LogP contribution in [0.1, 0.15) is 10.5 Å². The summed E-state index contributed by atoms with van der Waals surface area (Å²) in [4.78, 5) is 17.4. The number of pyridine rings is 1. The number of carbonyl (C=O) groups excluding carboxylic acids is 1. The van der Waals surface area contributed by atoms with E-state index in [4.69, 9.17) is 0 Å². The van der Waals surface area contributed by atoms with E-state index in [0.29, 0.717) is 5.69 Å². The smallest absolute Gasteiger partial charge is 0.272 e. The Morgan fingerprint density at radius 2 is 2.12 bits per heavy atom. The highest BCUT2D eigenvalue weighted by atomic mass is 16.3. The zero-order valence-corrected chi connectivity index (χ0v) is 9.50. The van der Waals surface area contributed by atoms with Crippen molar-refractivity contribution >= 4 is 11.6 Å². The molecule has 2 atom stereocenters. The van der Waals surface area contributed by atoms with Crippen molar-refractivity contribution in [3.05, 3.63) is 24.0 Å². The second-order valence-corrected chi connectivity index (χ2v) is 4.02. The van der Waals surface area contributed by atoms with E-state index in [1.165, 1.54) is 4.90 Å². The van der Waals surface area contributed by atoms with Gasteiger partial charge in [-0.15, -0.1) is 0 Å². The van der Waals surface area contributed by atoms with Gasteiger partial charge in [0.2, 0.25) is 0 Å². The van der Waals surface area contributed by atoms with E-state index < -0.39 is 12.2 Å². The summed E-state index contributed by atoms with van der Waals surface area (Å²) in [5.41, 5.74) is 1.10. The Labute approximate surface area is 98.9 Å². The fourth-order valence-corrected chi connectivity index (χ4v) is 1.80. The van der Waals surface area contributed by atoms with Crippen molar-refractivity contribution in [2.75, 3.05) is 25.5 Å². The van der Waals surface area contributed by atoms with Crippen LogP contribution >= 0.6 is 0 Å². The second-order valence-electron chi connectivity index (χ2n) is 4.02. The maximum absolute atomic E-state index is 12.0. The third-order valence-electron chi connectivity index (χ3n) is 2.81. The van der Waals surface area contributed by atoms with Crippen molar-refractivity contribution in [1.82, 2.24) is 9.88 Å². The summed E-state index contributed by atoms with van der Waals surface area (Å²) >= 11 is 0. The summed E-state index contributed by atoms with van der Waals surface area (Å²) in [5, 5.41) is 21.7. The summed E-state index contributed by atoms with van der Waals surface area (Å²) in [7, 11) is 1.76. The molecule has 0 radical (unpaired) electrons. The number of aromatic nitrogens is 1. The first-order valence-electron chi connectivity index (χ1n) is 5.41. The molecule has 3 N–H and O–H groups in total. The molecule has 1 fully saturated rings. The molecule has 1 aromatic rings. The number of anilines is 1. The summed E-state index contributed by atoms with van der Waals surface area (Å²) in [6, 6.07) is 3.39. The minimum atomic E-state index is -0.869. The van der Waals surface area contributed by atoms with Crippen molar-refractivity contribution in [1.29, 1.82) is 0 Å². The quantitative estimate of drug-likeness (QED) is 0.633. The molecule has 6 heteroatoms. The number of hydrogen-bond donors (Lipinski definition) is 3. The minimum Gasteiger partial charge on any atom is -0.388 e. The molecule has 0 saturated carbocycles. The van der Waals surface area contributed by atoms with Gasteiger partial charge in [0.1, 0.15) is 5.69 Å². The zero-order chi connectivity index (χ0) is 12.4. The molecule has 2 rings (SSSR count). The zero-order valence-electron chi connectivity index (χ0n) is 9.50. The van der Waals surface area contributed by atoms with Gasteiger partial charge in [-0.05, 0) is 12.1 Å². The van der Waals surface area contributed by atoms with Crippen molar-refractivity contribution in [3.8, 4) is 0 Å². The summed E-state index contributed by atoms with van der Waals surface area (Å²) in [5.74, 6) is -0.280. The number of hydrogen-bond acceptors (Lipinski definition) is 5. The second kappa shape index (κ2) is 4.68. The fraction of sp³-hybridized carbons (Fsp3) is 0.455. The van der Waals surface area contributed by atoms with Crippen LogP contribution in [0.3, 0.4) is 0 Å². The van der Waals surface area contributed by atoms with Crippen LogP contribution in [0.25, 0.3) is 0 Å². The van der Waals surface area contributed by atoms with Crippen molar-refractivity contribution in [2.45, 2.75) is 12.2 Å². The van der Waals surface area contributed by atoms with Gasteiger partial charge in [0.05, 0.1) is 12.2 Å². The third-order valence-corrected chi connectivity index (χ3v) is 2.81. The molecule has 17 heavy (non-hydrogen) atoms. The van der Waals surface area contributed by atoms with Crippen LogP contribution in [0.15, 0.2) is 18.3 Å². The van der Waals surface area contributed by atoms with Crippen LogP contribution in [-0.4, -0.2) is 58.3 Å². The van der Waals surface area contributed by atoms with E-state index in [9.17, 15) is 15.0 Å². The number of aliphatic hydroxyl groups is 2. The van der Waals surface area contributed by atoms with Crippen LogP contribution in [0.4, 0.5) is 5.69 Å². The summed E-state index contributed by atoms with van der Waals surface area (Å²) in [6.07, 6.45) is -0.194. The molecule has 1 aliphatic heterocycles. The topological polar surface area (TPSA) is 85.7 Å². The summed E-state index contributed by atoms with van der Waals surface area (Å²) < 4.78 is 0. The largest absolute Gasteiger partial charge is 0.388 e. The van der Waals surface area contributed by atoms with Crippen molar-refractivity contribution < 1.29 is 15.0 Å². The molecule has 1 aromatic heterocycles. The molecule has 1 amide bonds. The third kappa shape index (κ3) is 2.37. The normalized spacial score (nSPS) is 23.8. The van der Waals surface area contributed by atoms with Gasteiger partial charge in [0.25, 0.3) is 5.91 Å². The number of carbonyl (C=O) groups is 1. The van der Waals surface area contributed by atoms with E-state index >= 15 is 0 Å². The van der Waals surface area contributed by atoms with Gasteiger partial charge in [0, 0.05) is 32.0 Å². The van der Waals surface area contributed by atoms with Gasteiger partial charge >= 0.3 is 0 Å². The predicted octanol–water partition coefficient (Wildman–Crippen LogP) is -0.699. The molecule has 6 nitrogen and oxygen atoms in total. The first-order valence-corrected chi connectivity index (χ1v) is 5.41. The van der Waals surface area contributed by atoms with Crippen LogP contribution in [0, 0.1) is 0 Å². The molecule has 92 valence electrons. The first kappa shape index (κ1) is 11.8. The van der Waals surface area contributed by atoms with Gasteiger partial charge in [-0.25, -0.2) is 0 Å². The molecule has 1 saturated heterocycles. The average molecular weight is 237 g/mol. The number of amides is 1. The van der Waals surface area contributed by atoms with E-state index in [-0.39, 0.29) is 19.0 Å². The number of nitrogens with zero attached hydrogens (tertiary/aromatic N) is 2. The molecule has 0 bridgehead atoms. The monoisotopic (exact) mass is 237 g/mol. The lowest BCUT2D eigenvalue weighted by atomic mass is 10.3. The Hall–Kier alpha value is -1.66. The Balaban J connectivity index is 2.14. The maximum atomic E-state index is 12.0. The number of likely N-dealkylation sites (tertiary alicyclic amines) is 1. The van der Waals surface area contributed by atoms with Gasteiger partial charge in [-0.1, -0.05) is 0 Å². The molecule has 2 heterocycles. The molecule has 0 aromatic carbocycles. The average Bonchev–Trinajstić information content (AvgIpc) is 2.69. The number of nitrogens with one attached hydrogen (secondary N) is 1. The van der Waals surface area contributed by atoms with Crippen molar-refractivity contribution in [2.24, 2.45) is 0 Å². The Bertz CT molecular complexity index is 414. The Kier molecular flexibility index (Phi) is 3.26. The van der Waals surface area contributed by atoms with Crippen LogP contribution in [0.5, 0.6) is 0 Å². The van der Waals surface area contributed by atoms with Crippen LogP contribution in [0.2, 0.25) is 0 Å². The van der Waals surface area contributed by atoms with Gasteiger partial charge in [-0.3, -0.25) is 9.78 Å². The molecular weight excluding hydrogens is 222 g/mol. The number of rotatable bonds is 2. The van der Waals surface area contributed by atoms with Gasteiger partial charge in [0.15, 0.2) is 0 Å². The highest BCUT2D eigenvalue weighted by molar-refractivity contribution is 5.93. The Morgan fingerprint density at radius 1 is 1.47 bits per heavy atom. The standard InChI is InChI=1S/C11H15N3O3/c1-12-7-2-3-13-8(4-7)11(17)14-5-9(15)10(16)6-14/h2-4,9-10,15-16H,5-6H2,1H3,(H,12,13). The number of β-amino-alcohol motifs (C(OH)–C–C–N with tert-alkyl or cyclic N) is 2. The molecule has 0 aliphatic carbocycles. The van der Waals surface area contributed by atoms with E-state index in [2.05, 4.69) is 10.3 Å². The predicted molar refractivity (Wildman–Crippen MR) is 61.7 cm³/mol. The van der Waals surface area contributed by atoms with Crippen molar-refractivity contribution in [3.63, 3.8) is 0 Å². The molecule has 2 unspecified atom stereocenters. The lowest BCUT2D eigenvalue weighted by molar-refractivity contribution is 0.0572. The SMILES string of the molecule is CNc1ccnc(C(=O)N2CC(O)C(O)C2)c1. The van der Waals surface area contributed by atoms with Crippen LogP contribution in [-0.2, 0) is 0 Å². The lowest BCUT2D eigenvalue weighted by Gasteiger charge is -2.14. The first-order chi connectivity index (χ1) is 8.11. The fourth-order valence-electron chi connectivity index (χ4n) is 1.80. The Morgan fingerprint density at radius 3 is 2.71 bits per heavy atom. The van der Waals surface area contributed by atoms with Crippen LogP contribution < -0.4 is 5.32 Å². The molecule has 1 aliphatic rings. The highest BCUT2D eigenvalue weighted by Gasteiger charge is 2.33. The number of aliphatic hydroxyl groups excluding tert-OH is 2. The highest BCUT2D eigenvalue weighted by Crippen LogP contribution is 2.15. The lowest BCUT2D eigenvalue weighted by Crippen LogP contribution is -2.30. The molecular formula is C11H15N3O3. The van der Waals surface area contributed by atoms with E-state index in [1.54, 1.807) is 25.4 Å². The van der Waals surface area contributed by atoms with Gasteiger partial charge in [-0.2, -0.15) is 0 Å². The minimum absolute atomic E-state index is 0.144.